The molecule has 1 rings (SSSR count). The number of rotatable bonds is 2. The number of hydrogen-bond acceptors (Lipinski definition) is 1. The molecule has 0 spiro atoms. The van der Waals surface area contributed by atoms with Crippen molar-refractivity contribution in [2.24, 2.45) is 5.73 Å². The SMILES string of the molecule is Cl.N[C@@H](c1cc(F)c(F)cc1F)C(F)F. The lowest BCUT2D eigenvalue weighted by molar-refractivity contribution is 0.114. The number of nitrogens with two attached hydrogens (primary N) is 1. The first-order chi connectivity index (χ1) is 6.43. The van der Waals surface area contributed by atoms with Gasteiger partial charge in [0, 0.05) is 11.6 Å². The zero-order valence-electron chi connectivity index (χ0n) is 7.18. The third-order valence-corrected chi connectivity index (χ3v) is 1.67. The van der Waals surface area contributed by atoms with E-state index in [1.54, 1.807) is 0 Å². The minimum absolute atomic E-state index is 0. The summed E-state index contributed by atoms with van der Waals surface area (Å²) < 4.78 is 61.8. The van der Waals surface area contributed by atoms with E-state index in [2.05, 4.69) is 0 Å². The molecule has 1 atom stereocenters. The van der Waals surface area contributed by atoms with E-state index in [1.807, 2.05) is 0 Å². The van der Waals surface area contributed by atoms with Crippen molar-refractivity contribution in [2.45, 2.75) is 12.5 Å². The highest BCUT2D eigenvalue weighted by molar-refractivity contribution is 5.85. The predicted octanol–water partition coefficient (Wildman–Crippen LogP) is 2.79. The first-order valence-corrected chi connectivity index (χ1v) is 3.61. The minimum Gasteiger partial charge on any atom is -0.319 e. The molecule has 0 radical (unpaired) electrons. The van der Waals surface area contributed by atoms with Crippen LogP contribution in [0.25, 0.3) is 0 Å². The van der Waals surface area contributed by atoms with Crippen molar-refractivity contribution >= 4 is 12.4 Å². The number of alkyl halides is 2. The van der Waals surface area contributed by atoms with Gasteiger partial charge >= 0.3 is 0 Å². The monoisotopic (exact) mass is 247 g/mol. The van der Waals surface area contributed by atoms with Crippen LogP contribution in [0.15, 0.2) is 12.1 Å². The molecule has 15 heavy (non-hydrogen) atoms. The maximum Gasteiger partial charge on any atom is 0.257 e. The Labute approximate surface area is 88.5 Å². The second-order valence-electron chi connectivity index (χ2n) is 2.65. The molecule has 0 aliphatic carbocycles. The lowest BCUT2D eigenvalue weighted by Gasteiger charge is -2.11. The van der Waals surface area contributed by atoms with Gasteiger partial charge in [-0.1, -0.05) is 0 Å². The minimum atomic E-state index is -3.03. The van der Waals surface area contributed by atoms with Crippen molar-refractivity contribution in [1.29, 1.82) is 0 Å². The van der Waals surface area contributed by atoms with Crippen LogP contribution in [-0.2, 0) is 0 Å². The fraction of sp³-hybridized carbons (Fsp3) is 0.250. The highest BCUT2D eigenvalue weighted by Crippen LogP contribution is 2.23. The lowest BCUT2D eigenvalue weighted by atomic mass is 10.1. The summed E-state index contributed by atoms with van der Waals surface area (Å²) in [5.74, 6) is -4.12. The van der Waals surface area contributed by atoms with E-state index in [-0.39, 0.29) is 18.5 Å². The zero-order chi connectivity index (χ0) is 10.9. The van der Waals surface area contributed by atoms with Crippen LogP contribution in [0, 0.1) is 17.5 Å². The van der Waals surface area contributed by atoms with Crippen molar-refractivity contribution in [2.75, 3.05) is 0 Å². The van der Waals surface area contributed by atoms with E-state index in [4.69, 9.17) is 5.73 Å². The molecular formula is C8H7ClF5N. The molecule has 0 heterocycles. The van der Waals surface area contributed by atoms with Crippen LogP contribution in [0.1, 0.15) is 11.6 Å². The Bertz CT molecular complexity index is 344. The van der Waals surface area contributed by atoms with Gasteiger partial charge in [0.1, 0.15) is 5.82 Å². The highest BCUT2D eigenvalue weighted by Gasteiger charge is 2.22. The molecule has 7 heteroatoms. The van der Waals surface area contributed by atoms with Gasteiger partial charge in [-0.15, -0.1) is 12.4 Å². The van der Waals surface area contributed by atoms with Crippen LogP contribution in [0.3, 0.4) is 0 Å². The van der Waals surface area contributed by atoms with Crippen LogP contribution in [0.2, 0.25) is 0 Å². The molecule has 0 aliphatic heterocycles. The van der Waals surface area contributed by atoms with Crippen LogP contribution in [-0.4, -0.2) is 6.43 Å². The molecule has 0 fully saturated rings. The van der Waals surface area contributed by atoms with E-state index < -0.39 is 35.5 Å². The lowest BCUT2D eigenvalue weighted by Crippen LogP contribution is -2.20. The summed E-state index contributed by atoms with van der Waals surface area (Å²) in [5, 5.41) is 0. The molecule has 0 saturated heterocycles. The standard InChI is InChI=1S/C8H6F5N.ClH/c9-4-2-6(11)5(10)1-3(4)7(14)8(12)13;/h1-2,7-8H,14H2;1H/t7-;/m0./s1. The average Bonchev–Trinajstić information content (AvgIpc) is 2.10. The molecule has 0 amide bonds. The quantitative estimate of drug-likeness (QED) is 0.631. The molecule has 1 nitrogen and oxygen atoms in total. The Morgan fingerprint density at radius 2 is 1.40 bits per heavy atom. The normalized spacial score (nSPS) is 12.5. The molecule has 86 valence electrons. The van der Waals surface area contributed by atoms with E-state index >= 15 is 0 Å². The summed E-state index contributed by atoms with van der Waals surface area (Å²) >= 11 is 0. The van der Waals surface area contributed by atoms with E-state index in [0.717, 1.165) is 0 Å². The van der Waals surface area contributed by atoms with Gasteiger partial charge in [0.2, 0.25) is 0 Å². The summed E-state index contributed by atoms with van der Waals surface area (Å²) in [6.07, 6.45) is -3.03. The summed E-state index contributed by atoms with van der Waals surface area (Å²) in [6, 6.07) is -1.43. The number of benzene rings is 1. The summed E-state index contributed by atoms with van der Waals surface area (Å²) in [5.41, 5.74) is 4.14. The maximum atomic E-state index is 12.8. The Kier molecular flexibility index (Phi) is 4.96. The molecule has 1 aromatic rings. The topological polar surface area (TPSA) is 26.0 Å². The molecular weight excluding hydrogens is 241 g/mol. The van der Waals surface area contributed by atoms with Gasteiger partial charge in [-0.05, 0) is 6.07 Å². The number of halogens is 6. The van der Waals surface area contributed by atoms with Gasteiger partial charge in [0.05, 0.1) is 6.04 Å². The molecule has 2 N–H and O–H groups in total. The number of hydrogen-bond donors (Lipinski definition) is 1. The Morgan fingerprint density at radius 1 is 0.933 bits per heavy atom. The zero-order valence-corrected chi connectivity index (χ0v) is 8.00. The van der Waals surface area contributed by atoms with Crippen LogP contribution < -0.4 is 5.73 Å². The first kappa shape index (κ1) is 14.1. The second kappa shape index (κ2) is 5.27. The van der Waals surface area contributed by atoms with Crippen molar-refractivity contribution < 1.29 is 22.0 Å². The fourth-order valence-electron chi connectivity index (χ4n) is 0.929. The van der Waals surface area contributed by atoms with Crippen LogP contribution in [0.5, 0.6) is 0 Å². The van der Waals surface area contributed by atoms with Crippen molar-refractivity contribution in [3.63, 3.8) is 0 Å². The van der Waals surface area contributed by atoms with Crippen molar-refractivity contribution in [3.05, 3.63) is 35.1 Å². The van der Waals surface area contributed by atoms with Gasteiger partial charge in [-0.3, -0.25) is 0 Å². The Hall–Kier alpha value is -0.880. The molecule has 0 aromatic heterocycles. The van der Waals surface area contributed by atoms with Crippen LogP contribution in [0.4, 0.5) is 22.0 Å². The van der Waals surface area contributed by atoms with Gasteiger partial charge in [-0.25, -0.2) is 22.0 Å². The largest absolute Gasteiger partial charge is 0.319 e. The van der Waals surface area contributed by atoms with Crippen LogP contribution >= 0.6 is 12.4 Å². The molecule has 0 aliphatic rings. The summed E-state index contributed by atoms with van der Waals surface area (Å²) in [6.45, 7) is 0. The Morgan fingerprint density at radius 3 is 1.87 bits per heavy atom. The Balaban J connectivity index is 0.00000196. The smallest absolute Gasteiger partial charge is 0.257 e. The van der Waals surface area contributed by atoms with Gasteiger partial charge in [-0.2, -0.15) is 0 Å². The fourth-order valence-corrected chi connectivity index (χ4v) is 0.929. The van der Waals surface area contributed by atoms with Gasteiger partial charge in [0.25, 0.3) is 6.43 Å². The molecule has 1 aromatic carbocycles. The van der Waals surface area contributed by atoms with Gasteiger partial charge in [0.15, 0.2) is 11.6 Å². The van der Waals surface area contributed by atoms with Crippen molar-refractivity contribution in [3.8, 4) is 0 Å². The maximum absolute atomic E-state index is 12.8. The first-order valence-electron chi connectivity index (χ1n) is 3.61. The third kappa shape index (κ3) is 3.04. The second-order valence-corrected chi connectivity index (χ2v) is 2.65. The van der Waals surface area contributed by atoms with E-state index in [1.165, 1.54) is 0 Å². The highest BCUT2D eigenvalue weighted by atomic mass is 35.5. The summed E-state index contributed by atoms with van der Waals surface area (Å²) in [7, 11) is 0. The molecule has 0 unspecified atom stereocenters. The van der Waals surface area contributed by atoms with Gasteiger partial charge < -0.3 is 5.73 Å². The average molecular weight is 248 g/mol. The van der Waals surface area contributed by atoms with Crippen molar-refractivity contribution in [1.82, 2.24) is 0 Å². The van der Waals surface area contributed by atoms with E-state index in [0.29, 0.717) is 6.07 Å². The molecule has 0 saturated carbocycles. The third-order valence-electron chi connectivity index (χ3n) is 1.67. The van der Waals surface area contributed by atoms with E-state index in [9.17, 15) is 22.0 Å². The predicted molar refractivity (Wildman–Crippen MR) is 46.5 cm³/mol. The summed E-state index contributed by atoms with van der Waals surface area (Å²) in [4.78, 5) is 0. The molecule has 0 bridgehead atoms.